The molecule has 0 atom stereocenters. The molecule has 0 spiro atoms. The van der Waals surface area contributed by atoms with Crippen molar-refractivity contribution in [2.24, 2.45) is 0 Å². The van der Waals surface area contributed by atoms with Gasteiger partial charge in [0.15, 0.2) is 0 Å². The SMILES string of the molecule is CCCCCCCCc1nc(Cl)cn(Cc2ccc(OC)cc2)c1=O. The third kappa shape index (κ3) is 6.20. The van der Waals surface area contributed by atoms with Gasteiger partial charge in [-0.2, -0.15) is 0 Å². The number of unbranched alkanes of at least 4 members (excludes halogenated alkanes) is 5. The highest BCUT2D eigenvalue weighted by Crippen LogP contribution is 2.13. The lowest BCUT2D eigenvalue weighted by Crippen LogP contribution is -2.25. The van der Waals surface area contributed by atoms with Crippen LogP contribution in [0, 0.1) is 0 Å². The minimum atomic E-state index is -0.0474. The molecule has 0 aliphatic rings. The number of ether oxygens (including phenoxy) is 1. The van der Waals surface area contributed by atoms with Crippen LogP contribution in [0.1, 0.15) is 56.7 Å². The summed E-state index contributed by atoms with van der Waals surface area (Å²) in [6, 6.07) is 7.68. The zero-order valence-electron chi connectivity index (χ0n) is 15.1. The average molecular weight is 363 g/mol. The van der Waals surface area contributed by atoms with Crippen LogP contribution in [0.25, 0.3) is 0 Å². The Balaban J connectivity index is 2.01. The van der Waals surface area contributed by atoms with E-state index in [0.29, 0.717) is 23.8 Å². The number of hydrogen-bond acceptors (Lipinski definition) is 3. The third-order valence-corrected chi connectivity index (χ3v) is 4.47. The maximum Gasteiger partial charge on any atom is 0.272 e. The Labute approximate surface area is 154 Å². The van der Waals surface area contributed by atoms with Crippen LogP contribution < -0.4 is 10.3 Å². The maximum absolute atomic E-state index is 12.6. The largest absolute Gasteiger partial charge is 0.497 e. The van der Waals surface area contributed by atoms with Crippen molar-refractivity contribution in [1.82, 2.24) is 9.55 Å². The lowest BCUT2D eigenvalue weighted by Gasteiger charge is -2.09. The Morgan fingerprint density at radius 1 is 1.08 bits per heavy atom. The fourth-order valence-corrected chi connectivity index (χ4v) is 3.06. The van der Waals surface area contributed by atoms with E-state index in [1.807, 2.05) is 24.3 Å². The van der Waals surface area contributed by atoms with Gasteiger partial charge in [0.1, 0.15) is 16.6 Å². The first-order valence-electron chi connectivity index (χ1n) is 9.02. The smallest absolute Gasteiger partial charge is 0.272 e. The molecule has 0 saturated carbocycles. The molecule has 2 aromatic rings. The molecule has 0 fully saturated rings. The number of hydrogen-bond donors (Lipinski definition) is 0. The van der Waals surface area contributed by atoms with Gasteiger partial charge in [0, 0.05) is 6.20 Å². The van der Waals surface area contributed by atoms with E-state index in [9.17, 15) is 4.79 Å². The first-order valence-corrected chi connectivity index (χ1v) is 9.40. The van der Waals surface area contributed by atoms with Crippen molar-refractivity contribution < 1.29 is 4.74 Å². The highest BCUT2D eigenvalue weighted by Gasteiger charge is 2.08. The molecule has 0 bridgehead atoms. The summed E-state index contributed by atoms with van der Waals surface area (Å²) in [6.07, 6.45) is 9.42. The molecule has 1 aromatic heterocycles. The molecule has 1 aromatic carbocycles. The fourth-order valence-electron chi connectivity index (χ4n) is 2.84. The Kier molecular flexibility index (Phi) is 7.99. The second-order valence-corrected chi connectivity index (χ2v) is 6.70. The van der Waals surface area contributed by atoms with E-state index in [1.165, 1.54) is 25.7 Å². The fraction of sp³-hybridized carbons (Fsp3) is 0.500. The number of aromatic nitrogens is 2. The highest BCUT2D eigenvalue weighted by atomic mass is 35.5. The van der Waals surface area contributed by atoms with Gasteiger partial charge in [0.25, 0.3) is 5.56 Å². The topological polar surface area (TPSA) is 44.1 Å². The van der Waals surface area contributed by atoms with Crippen LogP contribution in [-0.2, 0) is 13.0 Å². The molecule has 1 heterocycles. The summed E-state index contributed by atoms with van der Waals surface area (Å²) in [5.74, 6) is 0.799. The van der Waals surface area contributed by atoms with Crippen molar-refractivity contribution in [3.05, 3.63) is 57.2 Å². The molecular formula is C20H27ClN2O2. The number of nitrogens with zero attached hydrogens (tertiary/aromatic N) is 2. The van der Waals surface area contributed by atoms with E-state index in [1.54, 1.807) is 17.9 Å². The van der Waals surface area contributed by atoms with Crippen LogP contribution in [-0.4, -0.2) is 16.7 Å². The summed E-state index contributed by atoms with van der Waals surface area (Å²) in [7, 11) is 1.64. The molecule has 4 nitrogen and oxygen atoms in total. The van der Waals surface area contributed by atoms with Crippen LogP contribution in [0.3, 0.4) is 0 Å². The minimum Gasteiger partial charge on any atom is -0.497 e. The monoisotopic (exact) mass is 362 g/mol. The zero-order chi connectivity index (χ0) is 18.1. The van der Waals surface area contributed by atoms with Gasteiger partial charge in [0.2, 0.25) is 0 Å². The van der Waals surface area contributed by atoms with Gasteiger partial charge in [-0.3, -0.25) is 4.79 Å². The number of aryl methyl sites for hydroxylation is 1. The normalized spacial score (nSPS) is 10.8. The first kappa shape index (κ1) is 19.5. The molecule has 0 radical (unpaired) electrons. The quantitative estimate of drug-likeness (QED) is 0.567. The lowest BCUT2D eigenvalue weighted by atomic mass is 10.1. The van der Waals surface area contributed by atoms with E-state index in [-0.39, 0.29) is 5.56 Å². The van der Waals surface area contributed by atoms with E-state index < -0.39 is 0 Å². The molecule has 2 rings (SSSR count). The van der Waals surface area contributed by atoms with E-state index >= 15 is 0 Å². The zero-order valence-corrected chi connectivity index (χ0v) is 15.9. The molecule has 0 saturated heterocycles. The Morgan fingerprint density at radius 2 is 1.76 bits per heavy atom. The molecule has 0 aliphatic heterocycles. The first-order chi connectivity index (χ1) is 12.1. The van der Waals surface area contributed by atoms with Crippen LogP contribution in [0.4, 0.5) is 0 Å². The molecule has 0 N–H and O–H groups in total. The average Bonchev–Trinajstić information content (AvgIpc) is 2.62. The summed E-state index contributed by atoms with van der Waals surface area (Å²) >= 11 is 6.13. The number of rotatable bonds is 10. The van der Waals surface area contributed by atoms with Crippen LogP contribution in [0.5, 0.6) is 5.75 Å². The summed E-state index contributed by atoms with van der Waals surface area (Å²) < 4.78 is 6.80. The summed E-state index contributed by atoms with van der Waals surface area (Å²) in [5, 5.41) is 0.370. The Bertz CT molecular complexity index is 711. The number of halogens is 1. The van der Waals surface area contributed by atoms with Gasteiger partial charge in [0.05, 0.1) is 13.7 Å². The lowest BCUT2D eigenvalue weighted by molar-refractivity contribution is 0.414. The Morgan fingerprint density at radius 3 is 2.44 bits per heavy atom. The Hall–Kier alpha value is -1.81. The van der Waals surface area contributed by atoms with Crippen molar-refractivity contribution >= 4 is 11.6 Å². The second-order valence-electron chi connectivity index (χ2n) is 6.31. The van der Waals surface area contributed by atoms with Gasteiger partial charge in [-0.25, -0.2) is 4.98 Å². The van der Waals surface area contributed by atoms with Crippen LogP contribution in [0.2, 0.25) is 5.15 Å². The molecule has 0 aliphatic carbocycles. The number of methoxy groups -OCH3 is 1. The van der Waals surface area contributed by atoms with Crippen molar-refractivity contribution in [3.8, 4) is 5.75 Å². The molecule has 0 amide bonds. The van der Waals surface area contributed by atoms with Gasteiger partial charge in [-0.05, 0) is 30.5 Å². The van der Waals surface area contributed by atoms with Crippen LogP contribution >= 0.6 is 11.6 Å². The van der Waals surface area contributed by atoms with Crippen molar-refractivity contribution in [2.75, 3.05) is 7.11 Å². The standard InChI is InChI=1S/C20H27ClN2O2/c1-3-4-5-6-7-8-9-18-20(24)23(15-19(21)22-18)14-16-10-12-17(25-2)13-11-16/h10-13,15H,3-9,14H2,1-2H3. The number of benzene rings is 1. The summed E-state index contributed by atoms with van der Waals surface area (Å²) in [5.41, 5.74) is 1.54. The van der Waals surface area contributed by atoms with Gasteiger partial charge in [-0.1, -0.05) is 62.8 Å². The third-order valence-electron chi connectivity index (χ3n) is 4.29. The predicted molar refractivity (Wildman–Crippen MR) is 103 cm³/mol. The highest BCUT2D eigenvalue weighted by molar-refractivity contribution is 6.29. The summed E-state index contributed by atoms with van der Waals surface area (Å²) in [4.78, 5) is 16.9. The molecule has 136 valence electrons. The molecular weight excluding hydrogens is 336 g/mol. The van der Waals surface area contributed by atoms with E-state index in [2.05, 4.69) is 11.9 Å². The predicted octanol–water partition coefficient (Wildman–Crippen LogP) is 4.86. The van der Waals surface area contributed by atoms with Crippen molar-refractivity contribution in [3.63, 3.8) is 0 Å². The van der Waals surface area contributed by atoms with Gasteiger partial charge >= 0.3 is 0 Å². The van der Waals surface area contributed by atoms with Gasteiger partial charge < -0.3 is 9.30 Å². The van der Waals surface area contributed by atoms with E-state index in [4.69, 9.17) is 16.3 Å². The van der Waals surface area contributed by atoms with Crippen LogP contribution in [0.15, 0.2) is 35.3 Å². The maximum atomic E-state index is 12.6. The molecule has 0 unspecified atom stereocenters. The van der Waals surface area contributed by atoms with Crippen molar-refractivity contribution in [1.29, 1.82) is 0 Å². The minimum absolute atomic E-state index is 0.0474. The molecule has 25 heavy (non-hydrogen) atoms. The van der Waals surface area contributed by atoms with Gasteiger partial charge in [-0.15, -0.1) is 0 Å². The van der Waals surface area contributed by atoms with Crippen molar-refractivity contribution in [2.45, 2.75) is 58.4 Å². The summed E-state index contributed by atoms with van der Waals surface area (Å²) in [6.45, 7) is 2.69. The van der Waals surface area contributed by atoms with E-state index in [0.717, 1.165) is 24.2 Å². The second kappa shape index (κ2) is 10.2. The molecule has 5 heteroatoms.